The molecule has 1 aromatic heterocycles. The molecule has 0 spiro atoms. The topological polar surface area (TPSA) is 121 Å². The van der Waals surface area contributed by atoms with Gasteiger partial charge in [0.1, 0.15) is 0 Å². The maximum absolute atomic E-state index is 13.6. The summed E-state index contributed by atoms with van der Waals surface area (Å²) < 4.78 is 0. The molecule has 0 bridgehead atoms. The van der Waals surface area contributed by atoms with Crippen LogP contribution in [0.5, 0.6) is 0 Å². The molecule has 5 rings (SSSR count). The molecule has 3 aromatic rings. The quantitative estimate of drug-likeness (QED) is 0.447. The van der Waals surface area contributed by atoms with Crippen molar-refractivity contribution in [2.24, 2.45) is 10.7 Å². The second-order valence-corrected chi connectivity index (χ2v) is 10.1. The van der Waals surface area contributed by atoms with Crippen LogP contribution < -0.4 is 11.1 Å². The number of aliphatic hydroxyl groups is 1. The van der Waals surface area contributed by atoms with Crippen LogP contribution in [0.3, 0.4) is 0 Å². The maximum atomic E-state index is 13.6. The first-order valence-corrected chi connectivity index (χ1v) is 13.1. The number of carbonyl (C=O) groups excluding carboxylic acids is 2. The Labute approximate surface area is 222 Å². The summed E-state index contributed by atoms with van der Waals surface area (Å²) in [6.45, 7) is 4.03. The average Bonchev–Trinajstić information content (AvgIpc) is 3.25. The molecule has 2 aliphatic rings. The van der Waals surface area contributed by atoms with Gasteiger partial charge in [0.25, 0.3) is 5.91 Å². The van der Waals surface area contributed by atoms with Crippen molar-refractivity contribution >= 4 is 17.8 Å². The van der Waals surface area contributed by atoms with Crippen molar-refractivity contribution < 1.29 is 14.7 Å². The lowest BCUT2D eigenvalue weighted by molar-refractivity contribution is -0.131. The van der Waals surface area contributed by atoms with Crippen molar-refractivity contribution in [2.75, 3.05) is 0 Å². The zero-order valence-corrected chi connectivity index (χ0v) is 21.7. The molecular weight excluding hydrogens is 478 g/mol. The molecule has 2 heterocycles. The SMILES string of the molecule is CCC1(CC)CC(=O)N([C@@H](c2cccnc2)c2cccc(C(=O)N[C@@H]3c4ccccc4C[C@H]3O)c2)C(N)=N1. The highest BCUT2D eigenvalue weighted by atomic mass is 16.3. The fourth-order valence-corrected chi connectivity index (χ4v) is 5.62. The Morgan fingerprint density at radius 3 is 2.61 bits per heavy atom. The normalized spacial score (nSPS) is 21.0. The maximum Gasteiger partial charge on any atom is 0.251 e. The van der Waals surface area contributed by atoms with Gasteiger partial charge in [-0.15, -0.1) is 0 Å². The fourth-order valence-electron chi connectivity index (χ4n) is 5.62. The molecule has 2 amide bonds. The summed E-state index contributed by atoms with van der Waals surface area (Å²) in [6.07, 6.45) is 4.87. The number of aliphatic imine (C=N–C) groups is 1. The van der Waals surface area contributed by atoms with Gasteiger partial charge in [0.05, 0.1) is 30.1 Å². The van der Waals surface area contributed by atoms with Gasteiger partial charge in [0.15, 0.2) is 5.96 Å². The summed E-state index contributed by atoms with van der Waals surface area (Å²) in [5.41, 5.74) is 9.82. The number of nitrogens with one attached hydrogen (secondary N) is 1. The summed E-state index contributed by atoms with van der Waals surface area (Å²) in [6, 6.07) is 17.5. The van der Waals surface area contributed by atoms with Gasteiger partial charge in [-0.05, 0) is 53.3 Å². The third-order valence-electron chi connectivity index (χ3n) is 7.88. The third-order valence-corrected chi connectivity index (χ3v) is 7.88. The highest BCUT2D eigenvalue weighted by Crippen LogP contribution is 2.36. The number of rotatable bonds is 7. The first-order valence-electron chi connectivity index (χ1n) is 13.1. The number of carbonyl (C=O) groups is 2. The molecule has 196 valence electrons. The number of guanidine groups is 1. The number of nitrogens with zero attached hydrogens (tertiary/aromatic N) is 3. The smallest absolute Gasteiger partial charge is 0.251 e. The lowest BCUT2D eigenvalue weighted by atomic mass is 9.86. The minimum atomic E-state index is -0.693. The first-order chi connectivity index (χ1) is 18.4. The number of aliphatic hydroxyl groups excluding tert-OH is 1. The molecule has 3 atom stereocenters. The summed E-state index contributed by atoms with van der Waals surface area (Å²) in [4.78, 5) is 37.5. The minimum absolute atomic E-state index is 0.115. The van der Waals surface area contributed by atoms with E-state index in [1.807, 2.05) is 56.3 Å². The largest absolute Gasteiger partial charge is 0.390 e. The van der Waals surface area contributed by atoms with E-state index in [4.69, 9.17) is 10.7 Å². The lowest BCUT2D eigenvalue weighted by Gasteiger charge is -2.40. The second-order valence-electron chi connectivity index (χ2n) is 10.1. The number of benzene rings is 2. The van der Waals surface area contributed by atoms with Gasteiger partial charge >= 0.3 is 0 Å². The average molecular weight is 512 g/mol. The highest BCUT2D eigenvalue weighted by molar-refractivity contribution is 6.00. The van der Waals surface area contributed by atoms with E-state index in [1.165, 1.54) is 4.90 Å². The van der Waals surface area contributed by atoms with Gasteiger partial charge in [0.2, 0.25) is 5.91 Å². The van der Waals surface area contributed by atoms with Crippen molar-refractivity contribution in [1.82, 2.24) is 15.2 Å². The van der Waals surface area contributed by atoms with E-state index < -0.39 is 23.7 Å². The van der Waals surface area contributed by atoms with Crippen LogP contribution in [0, 0.1) is 0 Å². The van der Waals surface area contributed by atoms with Crippen molar-refractivity contribution in [3.63, 3.8) is 0 Å². The van der Waals surface area contributed by atoms with Crippen LogP contribution in [0.25, 0.3) is 0 Å². The van der Waals surface area contributed by atoms with E-state index in [1.54, 1.807) is 30.6 Å². The van der Waals surface area contributed by atoms with Gasteiger partial charge < -0.3 is 16.2 Å². The van der Waals surface area contributed by atoms with Gasteiger partial charge in [-0.25, -0.2) is 4.99 Å². The van der Waals surface area contributed by atoms with Crippen LogP contribution in [0.4, 0.5) is 0 Å². The van der Waals surface area contributed by atoms with E-state index in [2.05, 4.69) is 10.3 Å². The molecule has 8 nitrogen and oxygen atoms in total. The van der Waals surface area contributed by atoms with Gasteiger partial charge in [-0.1, -0.05) is 56.3 Å². The Bertz CT molecular complexity index is 1370. The second kappa shape index (κ2) is 10.4. The summed E-state index contributed by atoms with van der Waals surface area (Å²) >= 11 is 0. The zero-order chi connectivity index (χ0) is 26.9. The van der Waals surface area contributed by atoms with Crippen LogP contribution >= 0.6 is 0 Å². The molecular formula is C30H33N5O3. The van der Waals surface area contributed by atoms with E-state index in [0.717, 1.165) is 16.7 Å². The summed E-state index contributed by atoms with van der Waals surface area (Å²) in [7, 11) is 0. The third kappa shape index (κ3) is 4.67. The van der Waals surface area contributed by atoms with Crippen molar-refractivity contribution in [2.45, 2.75) is 63.3 Å². The summed E-state index contributed by atoms with van der Waals surface area (Å²) in [5.74, 6) is -0.255. The number of hydrogen-bond donors (Lipinski definition) is 3. The summed E-state index contributed by atoms with van der Waals surface area (Å²) in [5, 5.41) is 13.6. The predicted octanol–water partition coefficient (Wildman–Crippen LogP) is 3.66. The van der Waals surface area contributed by atoms with Crippen molar-refractivity contribution in [3.8, 4) is 0 Å². The number of pyridine rings is 1. The van der Waals surface area contributed by atoms with Crippen molar-refractivity contribution in [3.05, 3.63) is 101 Å². The zero-order valence-electron chi connectivity index (χ0n) is 21.7. The Morgan fingerprint density at radius 2 is 1.89 bits per heavy atom. The van der Waals surface area contributed by atoms with E-state index in [0.29, 0.717) is 30.4 Å². The Balaban J connectivity index is 1.50. The van der Waals surface area contributed by atoms with Gasteiger partial charge in [0, 0.05) is 24.4 Å². The molecule has 2 aromatic carbocycles. The molecule has 4 N–H and O–H groups in total. The number of hydrogen-bond acceptors (Lipinski definition) is 6. The molecule has 38 heavy (non-hydrogen) atoms. The first kappa shape index (κ1) is 25.6. The molecule has 1 aliphatic carbocycles. The Morgan fingerprint density at radius 1 is 1.13 bits per heavy atom. The van der Waals surface area contributed by atoms with Gasteiger partial charge in [-0.2, -0.15) is 0 Å². The molecule has 8 heteroatoms. The number of amides is 2. The standard InChI is InChI=1S/C30H33N5O3/c1-3-30(4-2)17-25(37)35(29(31)34-30)27(22-12-8-14-32-18-22)20-10-7-11-21(15-20)28(38)33-26-23-13-6-5-9-19(23)16-24(26)36/h5-15,18,24,26-27,36H,3-4,16-17H2,1-2H3,(H2,31,34)(H,33,38)/t24-,26-,27-/m1/s1. The highest BCUT2D eigenvalue weighted by Gasteiger charge is 2.41. The van der Waals surface area contributed by atoms with Crippen LogP contribution in [-0.4, -0.2) is 44.4 Å². The molecule has 1 aliphatic heterocycles. The van der Waals surface area contributed by atoms with E-state index >= 15 is 0 Å². The minimum Gasteiger partial charge on any atom is -0.390 e. The Kier molecular flexibility index (Phi) is 6.99. The molecule has 0 unspecified atom stereocenters. The molecule has 0 radical (unpaired) electrons. The Hall–Kier alpha value is -4.04. The fraction of sp³-hybridized carbons (Fsp3) is 0.333. The van der Waals surface area contributed by atoms with Crippen LogP contribution in [-0.2, 0) is 11.2 Å². The van der Waals surface area contributed by atoms with E-state index in [9.17, 15) is 14.7 Å². The predicted molar refractivity (Wildman–Crippen MR) is 145 cm³/mol. The van der Waals surface area contributed by atoms with Crippen LogP contribution in [0.1, 0.15) is 77.8 Å². The van der Waals surface area contributed by atoms with Crippen molar-refractivity contribution in [1.29, 1.82) is 0 Å². The van der Waals surface area contributed by atoms with E-state index in [-0.39, 0.29) is 24.2 Å². The number of nitrogens with two attached hydrogens (primary N) is 1. The monoisotopic (exact) mass is 511 g/mol. The molecule has 0 fully saturated rings. The van der Waals surface area contributed by atoms with Gasteiger partial charge in [-0.3, -0.25) is 19.5 Å². The lowest BCUT2D eigenvalue weighted by Crippen LogP contribution is -2.52. The van der Waals surface area contributed by atoms with Crippen LogP contribution in [0.2, 0.25) is 0 Å². The molecule has 0 saturated heterocycles. The number of aromatic nitrogens is 1. The van der Waals surface area contributed by atoms with Crippen LogP contribution in [0.15, 0.2) is 78.0 Å². The molecule has 0 saturated carbocycles. The number of fused-ring (bicyclic) bond motifs is 1.